The Morgan fingerprint density at radius 3 is 2.57 bits per heavy atom. The van der Waals surface area contributed by atoms with Gasteiger partial charge in [-0.15, -0.1) is 0 Å². The lowest BCUT2D eigenvalue weighted by atomic mass is 9.55. The van der Waals surface area contributed by atoms with Crippen LogP contribution < -0.4 is 22.6 Å². The van der Waals surface area contributed by atoms with Crippen molar-refractivity contribution in [2.45, 2.75) is 43.5 Å². The summed E-state index contributed by atoms with van der Waals surface area (Å²) in [5, 5.41) is 0. The highest BCUT2D eigenvalue weighted by Crippen LogP contribution is 2.59. The zero-order valence-electron chi connectivity index (χ0n) is 9.28. The van der Waals surface area contributed by atoms with Gasteiger partial charge in [-0.25, -0.2) is 0 Å². The molecule has 2 bridgehead atoms. The van der Waals surface area contributed by atoms with E-state index < -0.39 is 0 Å². The number of hydrogen-bond acceptors (Lipinski definition) is 0. The van der Waals surface area contributed by atoms with Crippen LogP contribution in [0.3, 0.4) is 0 Å². The Labute approximate surface area is 101 Å². The van der Waals surface area contributed by atoms with Crippen molar-refractivity contribution >= 4 is 0 Å². The van der Waals surface area contributed by atoms with Gasteiger partial charge in [0.25, 0.3) is 22.6 Å². The molecule has 0 aliphatic heterocycles. The van der Waals surface area contributed by atoms with Gasteiger partial charge < -0.3 is 0 Å². The molecule has 2 unspecified atom stereocenters. The molecule has 80 valence electrons. The lowest BCUT2D eigenvalue weighted by molar-refractivity contribution is -0.453. The smallest absolute Gasteiger partial charge is 0.0651 e. The highest BCUT2D eigenvalue weighted by atomic mass is 127. The molecule has 3 fully saturated rings. The molecule has 0 aromatic rings. The third kappa shape index (κ3) is 1.17. The lowest BCUT2D eigenvalue weighted by Gasteiger charge is -2.50. The fourth-order valence-corrected chi connectivity index (χ4v) is 6.64. The van der Waals surface area contributed by atoms with Gasteiger partial charge in [-0.2, -0.15) is 0 Å². The van der Waals surface area contributed by atoms with Crippen LogP contribution in [0, 0.1) is 35.5 Å². The molecule has 0 aromatic carbocycles. The van der Waals surface area contributed by atoms with Crippen LogP contribution in [0.1, 0.15) is 39.5 Å². The van der Waals surface area contributed by atoms with Gasteiger partial charge in [0.2, 0.25) is 0 Å². The van der Waals surface area contributed by atoms with Crippen LogP contribution in [0.25, 0.3) is 0 Å². The van der Waals surface area contributed by atoms with Crippen molar-refractivity contribution in [3.05, 3.63) is 0 Å². The molecule has 0 spiro atoms. The SMILES string of the molecule is CC[C@H]1CC2[C@@H]([IH+])C1C[C@@H]1C[C@H](C)[C@H]21. The molecule has 0 amide bonds. The zero-order chi connectivity index (χ0) is 9.87. The summed E-state index contributed by atoms with van der Waals surface area (Å²) < 4.78 is 1.07. The summed E-state index contributed by atoms with van der Waals surface area (Å²) in [5.41, 5.74) is 0. The van der Waals surface area contributed by atoms with Gasteiger partial charge in [0.1, 0.15) is 0 Å². The molecule has 0 heterocycles. The Balaban J connectivity index is 1.84. The van der Waals surface area contributed by atoms with Gasteiger partial charge in [-0.1, -0.05) is 20.3 Å². The molecule has 3 aliphatic rings. The van der Waals surface area contributed by atoms with Gasteiger partial charge in [0, 0.05) is 11.8 Å². The third-order valence-corrected chi connectivity index (χ3v) is 7.49. The van der Waals surface area contributed by atoms with Crippen LogP contribution >= 0.6 is 0 Å². The van der Waals surface area contributed by atoms with E-state index >= 15 is 0 Å². The molecule has 0 radical (unpaired) electrons. The monoisotopic (exact) mass is 305 g/mol. The summed E-state index contributed by atoms with van der Waals surface area (Å²) in [5.74, 6) is 6.68. The van der Waals surface area contributed by atoms with E-state index in [1.54, 1.807) is 19.3 Å². The Morgan fingerprint density at radius 2 is 1.93 bits per heavy atom. The summed E-state index contributed by atoms with van der Waals surface area (Å²) in [6, 6.07) is 0. The van der Waals surface area contributed by atoms with Gasteiger partial charge in [0.05, 0.1) is 0 Å². The number of halogens is 1. The van der Waals surface area contributed by atoms with E-state index in [-0.39, 0.29) is 0 Å². The second-order valence-corrected chi connectivity index (χ2v) is 7.54. The molecule has 3 saturated carbocycles. The van der Waals surface area contributed by atoms with Crippen molar-refractivity contribution in [3.8, 4) is 0 Å². The van der Waals surface area contributed by atoms with E-state index in [1.165, 1.54) is 6.42 Å². The minimum absolute atomic E-state index is 1.06. The Kier molecular flexibility index (Phi) is 2.38. The minimum atomic E-state index is 1.06. The van der Waals surface area contributed by atoms with E-state index in [1.807, 2.05) is 0 Å². The van der Waals surface area contributed by atoms with E-state index in [0.717, 1.165) is 39.4 Å². The third-order valence-electron chi connectivity index (χ3n) is 5.49. The van der Waals surface area contributed by atoms with Crippen molar-refractivity contribution in [3.63, 3.8) is 0 Å². The molecular weight excluding hydrogens is 283 g/mol. The summed E-state index contributed by atoms with van der Waals surface area (Å²) in [7, 11) is 0. The lowest BCUT2D eigenvalue weighted by Crippen LogP contribution is -3.40. The van der Waals surface area contributed by atoms with Gasteiger partial charge >= 0.3 is 0 Å². The van der Waals surface area contributed by atoms with Crippen molar-refractivity contribution in [1.82, 2.24) is 0 Å². The summed E-state index contributed by atoms with van der Waals surface area (Å²) in [6.45, 7) is 4.90. The molecule has 3 rings (SSSR count). The maximum Gasteiger partial charge on any atom is 0.256 e. The van der Waals surface area contributed by atoms with Crippen LogP contribution in [-0.4, -0.2) is 3.92 Å². The fraction of sp³-hybridized carbons (Fsp3) is 1.00. The molecule has 1 heteroatoms. The molecule has 3 aliphatic carbocycles. The first-order valence-electron chi connectivity index (χ1n) is 6.38. The van der Waals surface area contributed by atoms with Crippen molar-refractivity contribution in [2.24, 2.45) is 35.5 Å². The highest BCUT2D eigenvalue weighted by molar-refractivity contribution is 5.05. The van der Waals surface area contributed by atoms with Crippen LogP contribution in [0.15, 0.2) is 0 Å². The quantitative estimate of drug-likeness (QED) is 0.472. The summed E-state index contributed by atoms with van der Waals surface area (Å²) in [4.78, 5) is 0. The van der Waals surface area contributed by atoms with Crippen LogP contribution in [0.2, 0.25) is 0 Å². The van der Waals surface area contributed by atoms with E-state index in [4.69, 9.17) is 0 Å². The average Bonchev–Trinajstić information content (AvgIpc) is 2.39. The van der Waals surface area contributed by atoms with Crippen molar-refractivity contribution in [1.29, 1.82) is 0 Å². The second kappa shape index (κ2) is 3.36. The molecular formula is C13H22I+. The van der Waals surface area contributed by atoms with Crippen LogP contribution in [0.4, 0.5) is 0 Å². The topological polar surface area (TPSA) is 0 Å². The fourth-order valence-electron chi connectivity index (χ4n) is 4.85. The maximum atomic E-state index is 2.49. The molecule has 14 heavy (non-hydrogen) atoms. The van der Waals surface area contributed by atoms with E-state index in [9.17, 15) is 0 Å². The largest absolute Gasteiger partial charge is 0.256 e. The summed E-state index contributed by atoms with van der Waals surface area (Å²) >= 11 is 2.47. The molecule has 7 atom stereocenters. The Bertz CT molecular complexity index is 237. The van der Waals surface area contributed by atoms with Gasteiger partial charge in [0.15, 0.2) is 3.92 Å². The van der Waals surface area contributed by atoms with Gasteiger partial charge in [-0.3, -0.25) is 0 Å². The predicted molar refractivity (Wildman–Crippen MR) is 55.9 cm³/mol. The summed E-state index contributed by atoms with van der Waals surface area (Å²) in [6.07, 6.45) is 6.17. The second-order valence-electron chi connectivity index (χ2n) is 5.98. The molecule has 0 nitrogen and oxygen atoms in total. The first kappa shape index (κ1) is 9.92. The number of fused-ring (bicyclic) bond motifs is 4. The standard InChI is InChI=1S/C13H22I/c1-3-8-5-11-12-7(2)4-9(12)6-10(8)13(11)14/h7-14H,3-6H2,1-2H3/q+1/t7-,8-,9-,10?,11?,12-,13-/m0/s1. The number of alkyl halides is 1. The average molecular weight is 305 g/mol. The maximum absolute atomic E-state index is 2.49. The first-order chi connectivity index (χ1) is 6.72. The molecule has 0 aromatic heterocycles. The zero-order valence-corrected chi connectivity index (χ0v) is 11.6. The number of rotatable bonds is 1. The van der Waals surface area contributed by atoms with E-state index in [0.29, 0.717) is 0 Å². The van der Waals surface area contributed by atoms with Crippen LogP contribution in [-0.2, 0) is 0 Å². The van der Waals surface area contributed by atoms with Crippen molar-refractivity contribution < 1.29 is 22.6 Å². The Morgan fingerprint density at radius 1 is 1.14 bits per heavy atom. The van der Waals surface area contributed by atoms with Gasteiger partial charge in [-0.05, 0) is 42.9 Å². The predicted octanol–water partition coefficient (Wildman–Crippen LogP) is -0.0212. The highest BCUT2D eigenvalue weighted by Gasteiger charge is 2.59. The normalized spacial score (nSPS) is 60.6. The molecule has 0 saturated heterocycles. The molecule has 0 N–H and O–H groups in total. The number of hydrogen-bond donors (Lipinski definition) is 0. The minimum Gasteiger partial charge on any atom is -0.0651 e. The first-order valence-corrected chi connectivity index (χ1v) is 7.72. The van der Waals surface area contributed by atoms with Crippen molar-refractivity contribution in [2.75, 3.05) is 0 Å². The Hall–Kier alpha value is 0.730. The van der Waals surface area contributed by atoms with E-state index in [2.05, 4.69) is 36.4 Å². The van der Waals surface area contributed by atoms with Crippen LogP contribution in [0.5, 0.6) is 0 Å².